The Morgan fingerprint density at radius 3 is 2.78 bits per heavy atom. The molecule has 0 saturated heterocycles. The fourth-order valence-electron chi connectivity index (χ4n) is 1.99. The molecule has 1 aliphatic carbocycles. The summed E-state index contributed by atoms with van der Waals surface area (Å²) >= 11 is 0. The van der Waals surface area contributed by atoms with Gasteiger partial charge in [-0.2, -0.15) is 8.78 Å². The van der Waals surface area contributed by atoms with Crippen molar-refractivity contribution in [1.29, 1.82) is 0 Å². The quantitative estimate of drug-likeness (QED) is 0.829. The van der Waals surface area contributed by atoms with E-state index in [2.05, 4.69) is 0 Å². The summed E-state index contributed by atoms with van der Waals surface area (Å²) in [5.41, 5.74) is 4.49. The highest BCUT2D eigenvalue weighted by molar-refractivity contribution is 5.89. The molecule has 2 unspecified atom stereocenters. The van der Waals surface area contributed by atoms with Crippen molar-refractivity contribution in [1.82, 2.24) is 0 Å². The molecule has 0 spiro atoms. The molecule has 0 amide bonds. The van der Waals surface area contributed by atoms with Gasteiger partial charge in [-0.25, -0.2) is 9.18 Å². The summed E-state index contributed by atoms with van der Waals surface area (Å²) in [6, 6.07) is 1.39. The zero-order chi connectivity index (χ0) is 13.5. The van der Waals surface area contributed by atoms with Gasteiger partial charge in [-0.15, -0.1) is 0 Å². The molecule has 1 aromatic rings. The second-order valence-electron chi connectivity index (χ2n) is 4.07. The smallest absolute Gasteiger partial charge is 0.338 e. The molecular weight excluding hydrogens is 247 g/mol. The van der Waals surface area contributed by atoms with E-state index in [-0.39, 0.29) is 17.7 Å². The number of fused-ring (bicyclic) bond motifs is 1. The Balaban J connectivity index is 2.43. The zero-order valence-electron chi connectivity index (χ0n) is 9.62. The van der Waals surface area contributed by atoms with E-state index in [0.717, 1.165) is 12.1 Å². The number of benzene rings is 1. The van der Waals surface area contributed by atoms with Gasteiger partial charge in [0, 0.05) is 5.56 Å². The fourth-order valence-corrected chi connectivity index (χ4v) is 1.99. The lowest BCUT2D eigenvalue weighted by Gasteiger charge is -2.15. The van der Waals surface area contributed by atoms with Crippen LogP contribution in [0.4, 0.5) is 13.2 Å². The third-order valence-electron chi connectivity index (χ3n) is 2.95. The average molecular weight is 259 g/mol. The minimum Gasteiger partial charge on any atom is -0.462 e. The summed E-state index contributed by atoms with van der Waals surface area (Å²) in [5.74, 6) is -4.08. The van der Waals surface area contributed by atoms with E-state index in [1.54, 1.807) is 6.92 Å². The van der Waals surface area contributed by atoms with E-state index in [0.29, 0.717) is 0 Å². The van der Waals surface area contributed by atoms with Gasteiger partial charge in [0.15, 0.2) is 0 Å². The minimum absolute atomic E-state index is 0.0446. The third-order valence-corrected chi connectivity index (χ3v) is 2.95. The van der Waals surface area contributed by atoms with Gasteiger partial charge in [0.2, 0.25) is 0 Å². The van der Waals surface area contributed by atoms with Gasteiger partial charge in [0.05, 0.1) is 12.2 Å². The van der Waals surface area contributed by atoms with Crippen LogP contribution in [0.2, 0.25) is 0 Å². The predicted octanol–water partition coefficient (Wildman–Crippen LogP) is 2.31. The second kappa shape index (κ2) is 4.28. The van der Waals surface area contributed by atoms with E-state index in [1.807, 2.05) is 0 Å². The number of ether oxygens (including phenoxy) is 1. The van der Waals surface area contributed by atoms with Gasteiger partial charge in [0.1, 0.15) is 12.2 Å². The van der Waals surface area contributed by atoms with Crippen LogP contribution in [-0.2, 0) is 10.7 Å². The maximum atomic E-state index is 13.7. The van der Waals surface area contributed by atoms with Gasteiger partial charge in [-0.05, 0) is 24.6 Å². The first-order valence-corrected chi connectivity index (χ1v) is 5.48. The molecule has 18 heavy (non-hydrogen) atoms. The topological polar surface area (TPSA) is 52.3 Å². The molecule has 1 aromatic carbocycles. The number of rotatable bonds is 2. The molecule has 2 N–H and O–H groups in total. The lowest BCUT2D eigenvalue weighted by atomic mass is 10.1. The van der Waals surface area contributed by atoms with Gasteiger partial charge >= 0.3 is 5.97 Å². The summed E-state index contributed by atoms with van der Waals surface area (Å²) in [6.07, 6.45) is -1.98. The Kier molecular flexibility index (Phi) is 3.06. The Morgan fingerprint density at radius 1 is 1.50 bits per heavy atom. The summed E-state index contributed by atoms with van der Waals surface area (Å²) in [6.45, 7) is 1.78. The number of carbonyl (C=O) groups is 1. The van der Waals surface area contributed by atoms with E-state index >= 15 is 0 Å². The number of carbonyl (C=O) groups excluding carboxylic acids is 1. The summed E-state index contributed by atoms with van der Waals surface area (Å²) in [7, 11) is 0. The largest absolute Gasteiger partial charge is 0.462 e. The van der Waals surface area contributed by atoms with Crippen molar-refractivity contribution in [2.24, 2.45) is 5.73 Å². The monoisotopic (exact) mass is 259 g/mol. The number of halogens is 3. The lowest BCUT2D eigenvalue weighted by Crippen LogP contribution is -2.36. The molecule has 6 heteroatoms. The summed E-state index contributed by atoms with van der Waals surface area (Å²) in [5, 5.41) is 0. The van der Waals surface area contributed by atoms with Crippen molar-refractivity contribution in [2.45, 2.75) is 25.1 Å². The van der Waals surface area contributed by atoms with Crippen LogP contribution in [-0.4, -0.2) is 18.6 Å². The van der Waals surface area contributed by atoms with Gasteiger partial charge in [0.25, 0.3) is 5.92 Å². The second-order valence-corrected chi connectivity index (χ2v) is 4.07. The van der Waals surface area contributed by atoms with Crippen molar-refractivity contribution in [3.63, 3.8) is 0 Å². The third kappa shape index (κ3) is 1.77. The Hall–Kier alpha value is -1.56. The number of nitrogens with two attached hydrogens (primary N) is 1. The fraction of sp³-hybridized carbons (Fsp3) is 0.417. The van der Waals surface area contributed by atoms with Crippen LogP contribution < -0.4 is 5.73 Å². The van der Waals surface area contributed by atoms with Crippen LogP contribution in [0, 0.1) is 0 Å². The van der Waals surface area contributed by atoms with Crippen LogP contribution >= 0.6 is 0 Å². The minimum atomic E-state index is -3.41. The standard InChI is InChI=1S/C12H12F3NO2/c1-2-18-11(17)6-3-4-8-7(5-6)9(13)10(16)12(8,14)15/h3-5,9-10H,2,16H2,1H3. The number of hydrogen-bond acceptors (Lipinski definition) is 3. The van der Waals surface area contributed by atoms with Crippen LogP contribution in [0.5, 0.6) is 0 Å². The first-order valence-electron chi connectivity index (χ1n) is 5.48. The van der Waals surface area contributed by atoms with Gasteiger partial charge in [-0.1, -0.05) is 6.07 Å². The maximum absolute atomic E-state index is 13.7. The van der Waals surface area contributed by atoms with E-state index in [9.17, 15) is 18.0 Å². The number of esters is 1. The molecule has 0 radical (unpaired) electrons. The van der Waals surface area contributed by atoms with Crippen molar-refractivity contribution in [3.8, 4) is 0 Å². The molecule has 0 aliphatic heterocycles. The molecule has 0 saturated carbocycles. The number of hydrogen-bond donors (Lipinski definition) is 1. The SMILES string of the molecule is CCOC(=O)c1ccc2c(c1)C(F)C(N)C2(F)F. The van der Waals surface area contributed by atoms with Crippen molar-refractivity contribution in [2.75, 3.05) is 6.61 Å². The normalized spacial score (nSPS) is 24.7. The number of alkyl halides is 3. The van der Waals surface area contributed by atoms with Crippen molar-refractivity contribution >= 4 is 5.97 Å². The van der Waals surface area contributed by atoms with E-state index < -0.39 is 29.7 Å². The molecule has 0 bridgehead atoms. The highest BCUT2D eigenvalue weighted by atomic mass is 19.3. The molecule has 3 nitrogen and oxygen atoms in total. The van der Waals surface area contributed by atoms with Crippen LogP contribution in [0.3, 0.4) is 0 Å². The Morgan fingerprint density at radius 2 is 2.17 bits per heavy atom. The van der Waals surface area contributed by atoms with Crippen LogP contribution in [0.15, 0.2) is 18.2 Å². The zero-order valence-corrected chi connectivity index (χ0v) is 9.62. The molecule has 1 aliphatic rings. The van der Waals surface area contributed by atoms with Gasteiger partial charge in [-0.3, -0.25) is 0 Å². The predicted molar refractivity (Wildman–Crippen MR) is 58.1 cm³/mol. The highest BCUT2D eigenvalue weighted by Gasteiger charge is 2.53. The van der Waals surface area contributed by atoms with E-state index in [4.69, 9.17) is 10.5 Å². The molecule has 2 rings (SSSR count). The highest BCUT2D eigenvalue weighted by Crippen LogP contribution is 2.48. The van der Waals surface area contributed by atoms with E-state index in [1.165, 1.54) is 6.07 Å². The summed E-state index contributed by atoms with van der Waals surface area (Å²) < 4.78 is 45.6. The molecule has 0 aromatic heterocycles. The van der Waals surface area contributed by atoms with Crippen LogP contribution in [0.25, 0.3) is 0 Å². The summed E-state index contributed by atoms with van der Waals surface area (Å²) in [4.78, 5) is 11.4. The average Bonchev–Trinajstić information content (AvgIpc) is 2.51. The first kappa shape index (κ1) is 12.9. The van der Waals surface area contributed by atoms with Crippen molar-refractivity contribution in [3.05, 3.63) is 34.9 Å². The molecular formula is C12H12F3NO2. The first-order chi connectivity index (χ1) is 8.39. The molecule has 98 valence electrons. The Bertz CT molecular complexity index is 490. The molecule has 0 heterocycles. The molecule has 0 fully saturated rings. The van der Waals surface area contributed by atoms with Crippen molar-refractivity contribution < 1.29 is 22.7 Å². The molecule has 2 atom stereocenters. The van der Waals surface area contributed by atoms with Crippen LogP contribution in [0.1, 0.15) is 34.6 Å². The maximum Gasteiger partial charge on any atom is 0.338 e. The Labute approximate surface area is 102 Å². The lowest BCUT2D eigenvalue weighted by molar-refractivity contribution is -0.0369. The van der Waals surface area contributed by atoms with Gasteiger partial charge < -0.3 is 10.5 Å².